The van der Waals surface area contributed by atoms with E-state index < -0.39 is 5.97 Å². The third-order valence-electron chi connectivity index (χ3n) is 3.81. The van der Waals surface area contributed by atoms with Gasteiger partial charge in [0.1, 0.15) is 0 Å². The lowest BCUT2D eigenvalue weighted by Gasteiger charge is -2.08. The van der Waals surface area contributed by atoms with Crippen molar-refractivity contribution in [1.82, 2.24) is 14.8 Å². The standard InChI is InChI=1S/C20H20N4O3S/c1-2-24-19(15-9-5-3-6-10-15)22-23-20(24)28-14-18(26)27-13-17(25)21-16-11-7-4-8-12-16/h3-12H,2,13-14H2,1H3,(H,21,25). The van der Waals surface area contributed by atoms with Crippen LogP contribution in [0.3, 0.4) is 0 Å². The number of ether oxygens (including phenoxy) is 1. The molecule has 0 aliphatic rings. The van der Waals surface area contributed by atoms with Crippen molar-refractivity contribution in [3.63, 3.8) is 0 Å². The second-order valence-electron chi connectivity index (χ2n) is 5.78. The molecule has 0 saturated heterocycles. The van der Waals surface area contributed by atoms with Gasteiger partial charge in [0.25, 0.3) is 5.91 Å². The lowest BCUT2D eigenvalue weighted by atomic mass is 10.2. The van der Waals surface area contributed by atoms with E-state index in [1.807, 2.05) is 60.0 Å². The molecule has 2 aromatic carbocycles. The summed E-state index contributed by atoms with van der Waals surface area (Å²) in [5.41, 5.74) is 1.62. The highest BCUT2D eigenvalue weighted by Gasteiger charge is 2.15. The number of amides is 1. The number of para-hydroxylation sites is 1. The van der Waals surface area contributed by atoms with E-state index in [1.165, 1.54) is 11.8 Å². The summed E-state index contributed by atoms with van der Waals surface area (Å²) in [7, 11) is 0. The summed E-state index contributed by atoms with van der Waals surface area (Å²) < 4.78 is 6.97. The number of carbonyl (C=O) groups is 2. The Morgan fingerprint density at radius 3 is 2.39 bits per heavy atom. The first-order chi connectivity index (χ1) is 13.7. The number of nitrogens with zero attached hydrogens (tertiary/aromatic N) is 3. The van der Waals surface area contributed by atoms with Crippen molar-refractivity contribution in [1.29, 1.82) is 0 Å². The Balaban J connectivity index is 1.51. The van der Waals surface area contributed by atoms with Gasteiger partial charge < -0.3 is 14.6 Å². The minimum Gasteiger partial charge on any atom is -0.455 e. The molecule has 3 aromatic rings. The molecule has 0 atom stereocenters. The van der Waals surface area contributed by atoms with Gasteiger partial charge >= 0.3 is 5.97 Å². The molecule has 144 valence electrons. The van der Waals surface area contributed by atoms with E-state index in [1.54, 1.807) is 12.1 Å². The Morgan fingerprint density at radius 1 is 1.04 bits per heavy atom. The number of esters is 1. The van der Waals surface area contributed by atoms with Gasteiger partial charge in [-0.3, -0.25) is 9.59 Å². The maximum Gasteiger partial charge on any atom is 0.316 e. The van der Waals surface area contributed by atoms with Crippen LogP contribution in [-0.2, 0) is 20.9 Å². The maximum atomic E-state index is 12.0. The number of hydrogen-bond donors (Lipinski definition) is 1. The molecule has 1 amide bonds. The number of carbonyl (C=O) groups excluding carboxylic acids is 2. The summed E-state index contributed by atoms with van der Waals surface area (Å²) in [4.78, 5) is 23.8. The Labute approximate surface area is 167 Å². The number of aromatic nitrogens is 3. The van der Waals surface area contributed by atoms with Gasteiger partial charge in [0, 0.05) is 17.8 Å². The summed E-state index contributed by atoms with van der Waals surface area (Å²) in [6.07, 6.45) is 0. The molecular weight excluding hydrogens is 376 g/mol. The van der Waals surface area contributed by atoms with Gasteiger partial charge in [-0.15, -0.1) is 10.2 Å². The number of nitrogens with one attached hydrogen (secondary N) is 1. The van der Waals surface area contributed by atoms with Crippen molar-refractivity contribution in [2.75, 3.05) is 17.7 Å². The number of hydrogen-bond acceptors (Lipinski definition) is 6. The number of anilines is 1. The minimum absolute atomic E-state index is 0.0472. The van der Waals surface area contributed by atoms with E-state index in [4.69, 9.17) is 4.74 Å². The first kappa shape index (κ1) is 19.6. The van der Waals surface area contributed by atoms with Crippen LogP contribution in [0.15, 0.2) is 65.8 Å². The van der Waals surface area contributed by atoms with Gasteiger partial charge in [-0.2, -0.15) is 0 Å². The van der Waals surface area contributed by atoms with E-state index in [0.717, 1.165) is 11.4 Å². The highest BCUT2D eigenvalue weighted by atomic mass is 32.2. The number of thioether (sulfide) groups is 1. The van der Waals surface area contributed by atoms with Crippen LogP contribution in [-0.4, -0.2) is 39.0 Å². The van der Waals surface area contributed by atoms with Crippen LogP contribution in [0.4, 0.5) is 5.69 Å². The molecule has 0 bridgehead atoms. The summed E-state index contributed by atoms with van der Waals surface area (Å²) in [6, 6.07) is 18.7. The zero-order chi connectivity index (χ0) is 19.8. The van der Waals surface area contributed by atoms with Crippen molar-refractivity contribution >= 4 is 29.3 Å². The molecule has 0 radical (unpaired) electrons. The number of rotatable bonds is 8. The van der Waals surface area contributed by atoms with Crippen LogP contribution in [0.2, 0.25) is 0 Å². The van der Waals surface area contributed by atoms with Crippen LogP contribution in [0, 0.1) is 0 Å². The van der Waals surface area contributed by atoms with Crippen molar-refractivity contribution in [3.8, 4) is 11.4 Å². The van der Waals surface area contributed by atoms with Gasteiger partial charge in [0.2, 0.25) is 0 Å². The Morgan fingerprint density at radius 2 is 1.71 bits per heavy atom. The Kier molecular flexibility index (Phi) is 6.80. The summed E-state index contributed by atoms with van der Waals surface area (Å²) in [5, 5.41) is 11.7. The van der Waals surface area contributed by atoms with E-state index in [9.17, 15) is 9.59 Å². The molecule has 8 heteroatoms. The molecule has 1 N–H and O–H groups in total. The molecule has 0 aliphatic carbocycles. The molecule has 1 aromatic heterocycles. The van der Waals surface area contributed by atoms with Crippen LogP contribution in [0.5, 0.6) is 0 Å². The van der Waals surface area contributed by atoms with Crippen molar-refractivity contribution in [2.45, 2.75) is 18.6 Å². The topological polar surface area (TPSA) is 86.1 Å². The first-order valence-corrected chi connectivity index (χ1v) is 9.78. The van der Waals surface area contributed by atoms with Crippen LogP contribution in [0.1, 0.15) is 6.92 Å². The van der Waals surface area contributed by atoms with Gasteiger partial charge in [-0.25, -0.2) is 0 Å². The molecule has 0 unspecified atom stereocenters. The number of benzene rings is 2. The molecule has 0 aliphatic heterocycles. The van der Waals surface area contributed by atoms with E-state index in [-0.39, 0.29) is 18.3 Å². The molecule has 28 heavy (non-hydrogen) atoms. The average Bonchev–Trinajstić information content (AvgIpc) is 3.15. The predicted octanol–water partition coefficient (Wildman–Crippen LogP) is 3.24. The quantitative estimate of drug-likeness (QED) is 0.465. The Bertz CT molecular complexity index is 929. The third-order valence-corrected chi connectivity index (χ3v) is 4.75. The molecule has 1 heterocycles. The van der Waals surface area contributed by atoms with Crippen molar-refractivity contribution < 1.29 is 14.3 Å². The second kappa shape index (κ2) is 9.70. The third kappa shape index (κ3) is 5.20. The Hall–Kier alpha value is -3.13. The fourth-order valence-corrected chi connectivity index (χ4v) is 3.31. The average molecular weight is 396 g/mol. The fraction of sp³-hybridized carbons (Fsp3) is 0.200. The summed E-state index contributed by atoms with van der Waals surface area (Å²) in [5.74, 6) is -0.0695. The van der Waals surface area contributed by atoms with Crippen LogP contribution in [0.25, 0.3) is 11.4 Å². The fourth-order valence-electron chi connectivity index (χ4n) is 2.51. The smallest absolute Gasteiger partial charge is 0.316 e. The highest BCUT2D eigenvalue weighted by molar-refractivity contribution is 7.99. The minimum atomic E-state index is -0.486. The summed E-state index contributed by atoms with van der Waals surface area (Å²) in [6.45, 7) is 2.34. The largest absolute Gasteiger partial charge is 0.455 e. The van der Waals surface area contributed by atoms with Crippen LogP contribution < -0.4 is 5.32 Å². The SMILES string of the molecule is CCn1c(SCC(=O)OCC(=O)Nc2ccccc2)nnc1-c1ccccc1. The maximum absolute atomic E-state index is 12.0. The molecule has 0 spiro atoms. The zero-order valence-electron chi connectivity index (χ0n) is 15.4. The van der Waals surface area contributed by atoms with Gasteiger partial charge in [0.15, 0.2) is 17.6 Å². The normalized spacial score (nSPS) is 10.5. The highest BCUT2D eigenvalue weighted by Crippen LogP contribution is 2.23. The lowest BCUT2D eigenvalue weighted by Crippen LogP contribution is -2.21. The van der Waals surface area contributed by atoms with Crippen LogP contribution >= 0.6 is 11.8 Å². The first-order valence-electron chi connectivity index (χ1n) is 8.79. The molecular formula is C20H20N4O3S. The van der Waals surface area contributed by atoms with E-state index in [2.05, 4.69) is 15.5 Å². The van der Waals surface area contributed by atoms with Gasteiger partial charge in [0.05, 0.1) is 5.75 Å². The molecule has 7 nitrogen and oxygen atoms in total. The molecule has 0 saturated carbocycles. The second-order valence-corrected chi connectivity index (χ2v) is 6.72. The lowest BCUT2D eigenvalue weighted by molar-refractivity contribution is -0.144. The van der Waals surface area contributed by atoms with Crippen molar-refractivity contribution in [3.05, 3.63) is 60.7 Å². The molecule has 0 fully saturated rings. The summed E-state index contributed by atoms with van der Waals surface area (Å²) >= 11 is 1.23. The monoisotopic (exact) mass is 396 g/mol. The zero-order valence-corrected chi connectivity index (χ0v) is 16.2. The van der Waals surface area contributed by atoms with E-state index in [0.29, 0.717) is 17.4 Å². The van der Waals surface area contributed by atoms with Crippen molar-refractivity contribution in [2.24, 2.45) is 0 Å². The van der Waals surface area contributed by atoms with Gasteiger partial charge in [-0.1, -0.05) is 60.3 Å². The van der Waals surface area contributed by atoms with E-state index >= 15 is 0 Å². The molecule has 3 rings (SSSR count). The van der Waals surface area contributed by atoms with Gasteiger partial charge in [-0.05, 0) is 19.1 Å². The predicted molar refractivity (Wildman–Crippen MR) is 108 cm³/mol.